The molecule has 0 bridgehead atoms. The van der Waals surface area contributed by atoms with E-state index in [-0.39, 0.29) is 39.9 Å². The van der Waals surface area contributed by atoms with Crippen LogP contribution in [0.4, 0.5) is 19.9 Å². The molecule has 0 aliphatic heterocycles. The van der Waals surface area contributed by atoms with E-state index in [2.05, 4.69) is 15.8 Å². The second kappa shape index (κ2) is 8.62. The zero-order valence-corrected chi connectivity index (χ0v) is 17.3. The van der Waals surface area contributed by atoms with Gasteiger partial charge in [0.25, 0.3) is 0 Å². The van der Waals surface area contributed by atoms with Gasteiger partial charge in [0.05, 0.1) is 22.8 Å². The summed E-state index contributed by atoms with van der Waals surface area (Å²) in [5.41, 5.74) is 1.21. The number of nitrogens with zero attached hydrogens (tertiary/aromatic N) is 1. The van der Waals surface area contributed by atoms with E-state index >= 15 is 0 Å². The van der Waals surface area contributed by atoms with E-state index in [1.54, 1.807) is 26.2 Å². The third kappa shape index (κ3) is 4.25. The predicted molar refractivity (Wildman–Crippen MR) is 109 cm³/mol. The van der Waals surface area contributed by atoms with Crippen molar-refractivity contribution >= 4 is 45.6 Å². The Labute approximate surface area is 174 Å². The van der Waals surface area contributed by atoms with E-state index in [1.165, 1.54) is 29.5 Å². The molecule has 2 aromatic heterocycles. The minimum absolute atomic E-state index is 0.0143. The zero-order valence-electron chi connectivity index (χ0n) is 15.8. The van der Waals surface area contributed by atoms with Crippen molar-refractivity contribution in [1.29, 1.82) is 0 Å². The number of carbonyl (C=O) groups excluding carboxylic acids is 2. The maximum absolute atomic E-state index is 14.3. The third-order valence-corrected chi connectivity index (χ3v) is 5.31. The summed E-state index contributed by atoms with van der Waals surface area (Å²) in [7, 11) is 0. The molecule has 0 aliphatic carbocycles. The van der Waals surface area contributed by atoms with Gasteiger partial charge >= 0.3 is 12.0 Å². The first-order chi connectivity index (χ1) is 13.8. The molecule has 7 nitrogen and oxygen atoms in total. The molecule has 0 atom stereocenters. The molecule has 29 heavy (non-hydrogen) atoms. The Hall–Kier alpha value is -2.91. The Morgan fingerprint density at radius 2 is 2.07 bits per heavy atom. The fourth-order valence-corrected chi connectivity index (χ4v) is 3.83. The van der Waals surface area contributed by atoms with E-state index in [4.69, 9.17) is 20.9 Å². The molecular formula is C19H17ClFN3O4S. The van der Waals surface area contributed by atoms with Gasteiger partial charge in [-0.05, 0) is 43.8 Å². The number of benzene rings is 1. The van der Waals surface area contributed by atoms with Crippen LogP contribution in [-0.4, -0.2) is 23.8 Å². The molecule has 0 aliphatic rings. The first-order valence-electron chi connectivity index (χ1n) is 8.57. The van der Waals surface area contributed by atoms with Crippen molar-refractivity contribution in [2.45, 2.75) is 20.8 Å². The van der Waals surface area contributed by atoms with Crippen molar-refractivity contribution in [3.8, 4) is 11.3 Å². The number of aryl methyl sites for hydroxylation is 2. The van der Waals surface area contributed by atoms with Gasteiger partial charge in [0, 0.05) is 0 Å². The van der Waals surface area contributed by atoms with Crippen LogP contribution in [0.25, 0.3) is 11.3 Å². The van der Waals surface area contributed by atoms with Crippen molar-refractivity contribution in [2.24, 2.45) is 0 Å². The Balaban J connectivity index is 1.87. The lowest BCUT2D eigenvalue weighted by molar-refractivity contribution is 0.0527. The minimum atomic E-state index is -0.655. The molecule has 0 saturated heterocycles. The predicted octanol–water partition coefficient (Wildman–Crippen LogP) is 5.63. The standard InChI is InChI=1S/C19H17ClFN3O4S/c1-4-27-18(25)13-9(2)8-29-17(13)23-19(26)22-15-10(3)28-24-16(15)14-11(20)6-5-7-12(14)21/h5-8H,4H2,1-3H3,(H2,22,23,26). The molecule has 0 radical (unpaired) electrons. The van der Waals surface area contributed by atoms with Gasteiger partial charge in [0.2, 0.25) is 0 Å². The summed E-state index contributed by atoms with van der Waals surface area (Å²) in [5.74, 6) is -0.864. The number of carbonyl (C=O) groups is 2. The lowest BCUT2D eigenvalue weighted by atomic mass is 10.1. The van der Waals surface area contributed by atoms with Crippen LogP contribution in [0.5, 0.6) is 0 Å². The Morgan fingerprint density at radius 3 is 2.76 bits per heavy atom. The molecule has 0 unspecified atom stereocenters. The summed E-state index contributed by atoms with van der Waals surface area (Å²) < 4.78 is 24.4. The molecule has 0 saturated carbocycles. The average molecular weight is 438 g/mol. The van der Waals surface area contributed by atoms with Crippen LogP contribution in [0, 0.1) is 19.7 Å². The van der Waals surface area contributed by atoms with Gasteiger partial charge in [-0.3, -0.25) is 5.32 Å². The number of ether oxygens (including phenoxy) is 1. The number of nitrogens with one attached hydrogen (secondary N) is 2. The maximum atomic E-state index is 14.3. The van der Waals surface area contributed by atoms with Crippen molar-refractivity contribution in [3.05, 3.63) is 51.3 Å². The maximum Gasteiger partial charge on any atom is 0.341 e. The summed E-state index contributed by atoms with van der Waals surface area (Å²) in [6.45, 7) is 5.23. The number of hydrogen-bond donors (Lipinski definition) is 2. The second-order valence-electron chi connectivity index (χ2n) is 5.98. The molecule has 3 rings (SSSR count). The number of esters is 1. The quantitative estimate of drug-likeness (QED) is 0.504. The first kappa shape index (κ1) is 20.8. The molecule has 2 amide bonds. The second-order valence-corrected chi connectivity index (χ2v) is 7.27. The highest BCUT2D eigenvalue weighted by molar-refractivity contribution is 7.15. The van der Waals surface area contributed by atoms with Crippen LogP contribution in [0.15, 0.2) is 28.1 Å². The number of thiophene rings is 1. The number of urea groups is 1. The topological polar surface area (TPSA) is 93.5 Å². The summed E-state index contributed by atoms with van der Waals surface area (Å²) in [6.07, 6.45) is 0. The fraction of sp³-hybridized carbons (Fsp3) is 0.211. The Kier molecular flexibility index (Phi) is 6.19. The van der Waals surface area contributed by atoms with E-state index in [0.29, 0.717) is 10.6 Å². The number of anilines is 2. The molecule has 1 aromatic carbocycles. The third-order valence-electron chi connectivity index (χ3n) is 3.98. The van der Waals surface area contributed by atoms with Crippen molar-refractivity contribution in [1.82, 2.24) is 5.16 Å². The van der Waals surface area contributed by atoms with Crippen LogP contribution in [-0.2, 0) is 4.74 Å². The molecule has 3 aromatic rings. The molecule has 0 fully saturated rings. The van der Waals surface area contributed by atoms with Gasteiger partial charge in [-0.1, -0.05) is 22.8 Å². The van der Waals surface area contributed by atoms with E-state index in [0.717, 1.165) is 0 Å². The number of halogens is 2. The van der Waals surface area contributed by atoms with E-state index in [1.807, 2.05) is 0 Å². The van der Waals surface area contributed by atoms with Gasteiger partial charge in [-0.25, -0.2) is 14.0 Å². The Morgan fingerprint density at radius 1 is 1.31 bits per heavy atom. The molecule has 2 N–H and O–H groups in total. The number of rotatable bonds is 5. The highest BCUT2D eigenvalue weighted by atomic mass is 35.5. The number of hydrogen-bond acceptors (Lipinski definition) is 6. The van der Waals surface area contributed by atoms with Crippen molar-refractivity contribution in [3.63, 3.8) is 0 Å². The van der Waals surface area contributed by atoms with Crippen LogP contribution in [0.3, 0.4) is 0 Å². The number of amides is 2. The van der Waals surface area contributed by atoms with Crippen LogP contribution < -0.4 is 10.6 Å². The molecule has 0 spiro atoms. The molecule has 10 heteroatoms. The monoisotopic (exact) mass is 437 g/mol. The van der Waals surface area contributed by atoms with Crippen LogP contribution in [0.1, 0.15) is 28.6 Å². The van der Waals surface area contributed by atoms with Crippen molar-refractivity contribution in [2.75, 3.05) is 17.2 Å². The lowest BCUT2D eigenvalue weighted by Crippen LogP contribution is -2.21. The fourth-order valence-electron chi connectivity index (χ4n) is 2.66. The molecule has 152 valence electrons. The summed E-state index contributed by atoms with van der Waals surface area (Å²) in [6, 6.07) is 3.55. The van der Waals surface area contributed by atoms with Crippen molar-refractivity contribution < 1.29 is 23.2 Å². The average Bonchev–Trinajstić information content (AvgIpc) is 3.19. The SMILES string of the molecule is CCOC(=O)c1c(C)csc1NC(=O)Nc1c(-c2c(F)cccc2Cl)noc1C. The van der Waals surface area contributed by atoms with Gasteiger partial charge in [0.1, 0.15) is 22.2 Å². The smallest absolute Gasteiger partial charge is 0.341 e. The van der Waals surface area contributed by atoms with Gasteiger partial charge in [-0.15, -0.1) is 11.3 Å². The normalized spacial score (nSPS) is 10.7. The summed E-state index contributed by atoms with van der Waals surface area (Å²) in [5, 5.41) is 11.2. The minimum Gasteiger partial charge on any atom is -0.462 e. The summed E-state index contributed by atoms with van der Waals surface area (Å²) in [4.78, 5) is 24.7. The lowest BCUT2D eigenvalue weighted by Gasteiger charge is -2.10. The zero-order chi connectivity index (χ0) is 21.1. The first-order valence-corrected chi connectivity index (χ1v) is 9.83. The summed E-state index contributed by atoms with van der Waals surface area (Å²) >= 11 is 7.29. The van der Waals surface area contributed by atoms with Gasteiger partial charge in [0.15, 0.2) is 5.76 Å². The Bertz CT molecular complexity index is 1060. The van der Waals surface area contributed by atoms with Crippen LogP contribution in [0.2, 0.25) is 5.02 Å². The van der Waals surface area contributed by atoms with E-state index < -0.39 is 17.8 Å². The highest BCUT2D eigenvalue weighted by Crippen LogP contribution is 2.36. The van der Waals surface area contributed by atoms with Crippen LogP contribution >= 0.6 is 22.9 Å². The van der Waals surface area contributed by atoms with E-state index in [9.17, 15) is 14.0 Å². The highest BCUT2D eigenvalue weighted by Gasteiger charge is 2.24. The largest absolute Gasteiger partial charge is 0.462 e. The molecule has 2 heterocycles. The van der Waals surface area contributed by atoms with Gasteiger partial charge < -0.3 is 14.6 Å². The number of aromatic nitrogens is 1. The van der Waals surface area contributed by atoms with Gasteiger partial charge in [-0.2, -0.15) is 0 Å². The molecular weight excluding hydrogens is 421 g/mol.